The van der Waals surface area contributed by atoms with Crippen molar-refractivity contribution >= 4 is 23.4 Å². The van der Waals surface area contributed by atoms with Gasteiger partial charge in [0.15, 0.2) is 0 Å². The average Bonchev–Trinajstić information content (AvgIpc) is 2.32. The van der Waals surface area contributed by atoms with Crippen molar-refractivity contribution in [1.29, 1.82) is 0 Å². The van der Waals surface area contributed by atoms with E-state index >= 15 is 0 Å². The van der Waals surface area contributed by atoms with Gasteiger partial charge in [0.25, 0.3) is 5.91 Å². The fraction of sp³-hybridized carbons (Fsp3) is 0.417. The summed E-state index contributed by atoms with van der Waals surface area (Å²) in [6.45, 7) is 0.688. The minimum absolute atomic E-state index is 0.182. The number of nitrogens with two attached hydrogens (primary N) is 1. The highest BCUT2D eigenvalue weighted by atomic mass is 32.2. The molecule has 1 aromatic carbocycles. The van der Waals surface area contributed by atoms with Crippen LogP contribution in [0.15, 0.2) is 18.2 Å². The summed E-state index contributed by atoms with van der Waals surface area (Å²) in [4.78, 5) is 11.7. The fourth-order valence-corrected chi connectivity index (χ4v) is 2.13. The van der Waals surface area contributed by atoms with E-state index in [2.05, 4.69) is 5.32 Å². The maximum Gasteiger partial charge on any atom is 0.251 e. The van der Waals surface area contributed by atoms with Gasteiger partial charge in [-0.05, 0) is 30.4 Å². The van der Waals surface area contributed by atoms with E-state index in [4.69, 9.17) is 10.8 Å². The van der Waals surface area contributed by atoms with Gasteiger partial charge >= 0.3 is 0 Å². The Balaban J connectivity index is 2.32. The molecule has 0 aromatic heterocycles. The van der Waals surface area contributed by atoms with Crippen molar-refractivity contribution in [3.05, 3.63) is 29.6 Å². The zero-order valence-electron chi connectivity index (χ0n) is 9.99. The Labute approximate surface area is 110 Å². The molecular weight excluding hydrogens is 255 g/mol. The second-order valence-corrected chi connectivity index (χ2v) is 4.94. The number of benzene rings is 1. The number of nitrogens with one attached hydrogen (secondary N) is 1. The third kappa shape index (κ3) is 5.37. The number of aliphatic hydroxyl groups is 1. The van der Waals surface area contributed by atoms with Gasteiger partial charge < -0.3 is 16.2 Å². The highest BCUT2D eigenvalue weighted by Gasteiger charge is 2.07. The lowest BCUT2D eigenvalue weighted by Crippen LogP contribution is -2.26. The molecule has 0 heterocycles. The van der Waals surface area contributed by atoms with Crippen molar-refractivity contribution in [2.24, 2.45) is 0 Å². The zero-order chi connectivity index (χ0) is 13.4. The van der Waals surface area contributed by atoms with Gasteiger partial charge in [-0.15, -0.1) is 0 Å². The van der Waals surface area contributed by atoms with Crippen LogP contribution in [0.1, 0.15) is 16.8 Å². The van der Waals surface area contributed by atoms with Crippen LogP contribution in [0.5, 0.6) is 0 Å². The van der Waals surface area contributed by atoms with Crippen LogP contribution >= 0.6 is 11.8 Å². The first kappa shape index (κ1) is 14.8. The van der Waals surface area contributed by atoms with Crippen LogP contribution in [-0.4, -0.2) is 35.7 Å². The number of nitrogen functional groups attached to an aromatic ring is 1. The summed E-state index contributed by atoms with van der Waals surface area (Å²) in [6, 6.07) is 3.77. The minimum atomic E-state index is -0.516. The molecule has 0 atom stereocenters. The van der Waals surface area contributed by atoms with Crippen molar-refractivity contribution < 1.29 is 14.3 Å². The number of aliphatic hydroxyl groups excluding tert-OH is 1. The van der Waals surface area contributed by atoms with Crippen molar-refractivity contribution in [2.45, 2.75) is 6.42 Å². The normalized spacial score (nSPS) is 10.3. The molecule has 0 saturated heterocycles. The van der Waals surface area contributed by atoms with E-state index in [1.165, 1.54) is 12.1 Å². The average molecular weight is 272 g/mol. The fourth-order valence-electron chi connectivity index (χ4n) is 1.35. The number of hydrogen-bond donors (Lipinski definition) is 3. The smallest absolute Gasteiger partial charge is 0.251 e. The maximum absolute atomic E-state index is 13.0. The molecule has 18 heavy (non-hydrogen) atoms. The Morgan fingerprint density at radius 1 is 1.39 bits per heavy atom. The summed E-state index contributed by atoms with van der Waals surface area (Å²) in [5, 5.41) is 11.3. The van der Waals surface area contributed by atoms with Gasteiger partial charge in [-0.1, -0.05) is 0 Å². The second-order valence-electron chi connectivity index (χ2n) is 3.72. The van der Waals surface area contributed by atoms with Crippen molar-refractivity contribution in [1.82, 2.24) is 5.32 Å². The number of amides is 1. The van der Waals surface area contributed by atoms with Crippen LogP contribution < -0.4 is 11.1 Å². The Hall–Kier alpha value is -1.27. The second kappa shape index (κ2) is 7.94. The van der Waals surface area contributed by atoms with Crippen LogP contribution in [0.25, 0.3) is 0 Å². The first-order valence-electron chi connectivity index (χ1n) is 5.66. The number of hydrogen-bond acceptors (Lipinski definition) is 4. The summed E-state index contributed by atoms with van der Waals surface area (Å²) in [5.41, 5.74) is 5.92. The number of rotatable bonds is 7. The first-order valence-corrected chi connectivity index (χ1v) is 6.82. The molecule has 1 amide bonds. The van der Waals surface area contributed by atoms with E-state index in [9.17, 15) is 9.18 Å². The molecule has 1 rings (SSSR count). The lowest BCUT2D eigenvalue weighted by Gasteiger charge is -2.06. The molecule has 0 saturated carbocycles. The van der Waals surface area contributed by atoms with Crippen LogP contribution in [-0.2, 0) is 0 Å². The first-order chi connectivity index (χ1) is 8.63. The SMILES string of the molecule is Nc1cc(F)cc(C(=O)NCCSCCCO)c1. The molecular formula is C12H17FN2O2S. The predicted octanol–water partition coefficient (Wildman–Crippen LogP) is 1.25. The van der Waals surface area contributed by atoms with E-state index in [0.29, 0.717) is 6.54 Å². The van der Waals surface area contributed by atoms with Gasteiger partial charge in [-0.2, -0.15) is 11.8 Å². The summed E-state index contributed by atoms with van der Waals surface area (Å²) in [7, 11) is 0. The van der Waals surface area contributed by atoms with Crippen molar-refractivity contribution in [2.75, 3.05) is 30.4 Å². The number of halogens is 1. The third-order valence-corrected chi connectivity index (χ3v) is 3.23. The predicted molar refractivity (Wildman–Crippen MR) is 72.2 cm³/mol. The standard InChI is InChI=1S/C12H17FN2O2S/c13-10-6-9(7-11(14)8-10)12(17)15-2-5-18-4-1-3-16/h6-8,16H,1-5,14H2,(H,15,17). The Morgan fingerprint density at radius 3 is 2.83 bits per heavy atom. The Kier molecular flexibility index (Phi) is 6.53. The number of carbonyl (C=O) groups excluding carboxylic acids is 1. The van der Waals surface area contributed by atoms with Gasteiger partial charge in [0.05, 0.1) is 0 Å². The summed E-state index contributed by atoms with van der Waals surface area (Å²) in [6.07, 6.45) is 0.749. The van der Waals surface area contributed by atoms with E-state index < -0.39 is 5.82 Å². The molecule has 6 heteroatoms. The summed E-state index contributed by atoms with van der Waals surface area (Å²) in [5.74, 6) is 0.775. The largest absolute Gasteiger partial charge is 0.399 e. The lowest BCUT2D eigenvalue weighted by atomic mass is 10.2. The molecule has 4 N–H and O–H groups in total. The minimum Gasteiger partial charge on any atom is -0.399 e. The topological polar surface area (TPSA) is 75.4 Å². The highest BCUT2D eigenvalue weighted by Crippen LogP contribution is 2.10. The molecule has 0 aliphatic rings. The Bertz CT molecular complexity index is 381. The maximum atomic E-state index is 13.0. The Morgan fingerprint density at radius 2 is 2.17 bits per heavy atom. The summed E-state index contributed by atoms with van der Waals surface area (Å²) < 4.78 is 13.0. The zero-order valence-corrected chi connectivity index (χ0v) is 10.8. The quantitative estimate of drug-likeness (QED) is 0.516. The summed E-state index contributed by atoms with van der Waals surface area (Å²) >= 11 is 1.65. The molecule has 1 aromatic rings. The molecule has 100 valence electrons. The van der Waals surface area contributed by atoms with Gasteiger partial charge in [0.2, 0.25) is 0 Å². The van der Waals surface area contributed by atoms with Gasteiger partial charge in [-0.25, -0.2) is 4.39 Å². The van der Waals surface area contributed by atoms with Gasteiger partial charge in [0, 0.05) is 30.2 Å². The molecule has 0 spiro atoms. The highest BCUT2D eigenvalue weighted by molar-refractivity contribution is 7.99. The van der Waals surface area contributed by atoms with Crippen LogP contribution in [0, 0.1) is 5.82 Å². The van der Waals surface area contributed by atoms with Crippen LogP contribution in [0.4, 0.5) is 10.1 Å². The van der Waals surface area contributed by atoms with E-state index in [-0.39, 0.29) is 23.8 Å². The van der Waals surface area contributed by atoms with E-state index in [0.717, 1.165) is 24.0 Å². The molecule has 0 aliphatic heterocycles. The molecule has 0 aliphatic carbocycles. The molecule has 0 fully saturated rings. The van der Waals surface area contributed by atoms with Crippen LogP contribution in [0.2, 0.25) is 0 Å². The molecule has 4 nitrogen and oxygen atoms in total. The van der Waals surface area contributed by atoms with Crippen LogP contribution in [0.3, 0.4) is 0 Å². The molecule has 0 unspecified atom stereocenters. The molecule has 0 radical (unpaired) electrons. The number of thioether (sulfide) groups is 1. The monoisotopic (exact) mass is 272 g/mol. The molecule has 0 bridgehead atoms. The van der Waals surface area contributed by atoms with E-state index in [1.54, 1.807) is 11.8 Å². The third-order valence-electron chi connectivity index (χ3n) is 2.16. The number of anilines is 1. The lowest BCUT2D eigenvalue weighted by molar-refractivity contribution is 0.0955. The van der Waals surface area contributed by atoms with Gasteiger partial charge in [0.1, 0.15) is 5.82 Å². The van der Waals surface area contributed by atoms with Crippen molar-refractivity contribution in [3.8, 4) is 0 Å². The van der Waals surface area contributed by atoms with Gasteiger partial charge in [-0.3, -0.25) is 4.79 Å². The van der Waals surface area contributed by atoms with E-state index in [1.807, 2.05) is 0 Å². The number of carbonyl (C=O) groups is 1. The van der Waals surface area contributed by atoms with Crippen molar-refractivity contribution in [3.63, 3.8) is 0 Å².